The van der Waals surface area contributed by atoms with Gasteiger partial charge in [0.05, 0.1) is 12.6 Å². The molecule has 4 nitrogen and oxygen atoms in total. The first kappa shape index (κ1) is 19.9. The summed E-state index contributed by atoms with van der Waals surface area (Å²) in [6.07, 6.45) is 8.55. The SMILES string of the molecule is CC(C)(C)OC(=O)N1C2C=C(CCCOCc3ccccc3)CC1CCC2. The number of hydrogen-bond donors (Lipinski definition) is 0. The van der Waals surface area contributed by atoms with Gasteiger partial charge in [0.25, 0.3) is 0 Å². The third-order valence-corrected chi connectivity index (χ3v) is 5.22. The van der Waals surface area contributed by atoms with Crippen LogP contribution in [-0.2, 0) is 16.1 Å². The predicted molar refractivity (Wildman–Crippen MR) is 108 cm³/mol. The highest BCUT2D eigenvalue weighted by Gasteiger charge is 2.38. The molecule has 0 aliphatic carbocycles. The second-order valence-electron chi connectivity index (χ2n) is 8.71. The van der Waals surface area contributed by atoms with Crippen LogP contribution >= 0.6 is 0 Å². The Bertz CT molecular complexity index is 647. The number of carbonyl (C=O) groups is 1. The Morgan fingerprint density at radius 2 is 1.96 bits per heavy atom. The molecule has 0 spiro atoms. The van der Waals surface area contributed by atoms with Gasteiger partial charge in [0.15, 0.2) is 0 Å². The lowest BCUT2D eigenvalue weighted by Gasteiger charge is -2.45. The van der Waals surface area contributed by atoms with Crippen molar-refractivity contribution in [2.75, 3.05) is 6.61 Å². The Hall–Kier alpha value is -1.81. The fraction of sp³-hybridized carbons (Fsp3) is 0.609. The van der Waals surface area contributed by atoms with E-state index in [1.165, 1.54) is 17.6 Å². The number of piperidine rings is 1. The number of ether oxygens (including phenoxy) is 2. The molecular formula is C23H33NO3. The summed E-state index contributed by atoms with van der Waals surface area (Å²) in [4.78, 5) is 14.6. The second kappa shape index (κ2) is 8.92. The Morgan fingerprint density at radius 1 is 1.19 bits per heavy atom. The average molecular weight is 372 g/mol. The van der Waals surface area contributed by atoms with Gasteiger partial charge < -0.3 is 9.47 Å². The van der Waals surface area contributed by atoms with E-state index in [2.05, 4.69) is 18.2 Å². The summed E-state index contributed by atoms with van der Waals surface area (Å²) in [5.74, 6) is 0. The maximum Gasteiger partial charge on any atom is 0.411 e. The summed E-state index contributed by atoms with van der Waals surface area (Å²) >= 11 is 0. The van der Waals surface area contributed by atoms with Crippen molar-refractivity contribution in [3.05, 3.63) is 47.5 Å². The summed E-state index contributed by atoms with van der Waals surface area (Å²) in [5, 5.41) is 0. The fourth-order valence-electron chi connectivity index (χ4n) is 4.07. The van der Waals surface area contributed by atoms with Crippen molar-refractivity contribution in [2.24, 2.45) is 0 Å². The summed E-state index contributed by atoms with van der Waals surface area (Å²) in [6, 6.07) is 10.8. The number of rotatable bonds is 6. The topological polar surface area (TPSA) is 38.8 Å². The van der Waals surface area contributed by atoms with Gasteiger partial charge in [-0.1, -0.05) is 42.0 Å². The minimum absolute atomic E-state index is 0.154. The van der Waals surface area contributed by atoms with E-state index < -0.39 is 5.60 Å². The predicted octanol–water partition coefficient (Wildman–Crippen LogP) is 5.47. The van der Waals surface area contributed by atoms with Crippen LogP contribution < -0.4 is 0 Å². The third-order valence-electron chi connectivity index (χ3n) is 5.22. The molecule has 1 aromatic carbocycles. The van der Waals surface area contributed by atoms with Crippen molar-refractivity contribution in [1.29, 1.82) is 0 Å². The van der Waals surface area contributed by atoms with E-state index in [1.54, 1.807) is 0 Å². The van der Waals surface area contributed by atoms with Gasteiger partial charge in [-0.15, -0.1) is 0 Å². The van der Waals surface area contributed by atoms with Crippen molar-refractivity contribution >= 4 is 6.09 Å². The summed E-state index contributed by atoms with van der Waals surface area (Å²) in [5.41, 5.74) is 2.26. The molecule has 4 heteroatoms. The first-order valence-corrected chi connectivity index (χ1v) is 10.2. The highest BCUT2D eigenvalue weighted by atomic mass is 16.6. The van der Waals surface area contributed by atoms with E-state index in [1.807, 2.05) is 43.9 Å². The highest BCUT2D eigenvalue weighted by Crippen LogP contribution is 2.35. The standard InChI is InChI=1S/C23H33NO3/c1-23(2,3)27-22(25)24-20-12-7-13-21(24)16-19(15-20)11-8-14-26-17-18-9-5-4-6-10-18/h4-6,9-10,15,20-21H,7-8,11-14,16-17H2,1-3H3. The molecule has 2 atom stereocenters. The lowest BCUT2D eigenvalue weighted by molar-refractivity contribution is -0.00168. The molecular weight excluding hydrogens is 338 g/mol. The highest BCUT2D eigenvalue weighted by molar-refractivity contribution is 5.70. The zero-order valence-corrected chi connectivity index (χ0v) is 16.9. The van der Waals surface area contributed by atoms with Crippen LogP contribution in [0.25, 0.3) is 0 Å². The van der Waals surface area contributed by atoms with E-state index in [0.29, 0.717) is 12.6 Å². The molecule has 3 rings (SSSR count). The van der Waals surface area contributed by atoms with Gasteiger partial charge in [-0.2, -0.15) is 0 Å². The molecule has 0 aromatic heterocycles. The smallest absolute Gasteiger partial charge is 0.411 e. The first-order chi connectivity index (χ1) is 12.9. The minimum atomic E-state index is -0.439. The maximum absolute atomic E-state index is 12.6. The van der Waals surface area contributed by atoms with Gasteiger partial charge in [-0.05, 0) is 64.9 Å². The van der Waals surface area contributed by atoms with Gasteiger partial charge in [0.2, 0.25) is 0 Å². The molecule has 1 amide bonds. The van der Waals surface area contributed by atoms with E-state index in [4.69, 9.17) is 9.47 Å². The van der Waals surface area contributed by atoms with Crippen LogP contribution in [0.15, 0.2) is 42.0 Å². The van der Waals surface area contributed by atoms with Crippen LogP contribution in [0, 0.1) is 0 Å². The average Bonchev–Trinajstić information content (AvgIpc) is 2.60. The van der Waals surface area contributed by atoms with E-state index in [0.717, 1.165) is 38.7 Å². The summed E-state index contributed by atoms with van der Waals surface area (Å²) in [6.45, 7) is 7.25. The van der Waals surface area contributed by atoms with Crippen LogP contribution in [0.1, 0.15) is 64.9 Å². The zero-order chi connectivity index (χ0) is 19.3. The van der Waals surface area contributed by atoms with Gasteiger partial charge in [0.1, 0.15) is 5.60 Å². The van der Waals surface area contributed by atoms with Crippen molar-refractivity contribution < 1.29 is 14.3 Å². The molecule has 0 saturated carbocycles. The third kappa shape index (κ3) is 5.83. The first-order valence-electron chi connectivity index (χ1n) is 10.2. The largest absolute Gasteiger partial charge is 0.444 e. The van der Waals surface area contributed by atoms with Crippen LogP contribution in [0.3, 0.4) is 0 Å². The van der Waals surface area contributed by atoms with Gasteiger partial charge in [-0.25, -0.2) is 4.79 Å². The van der Waals surface area contributed by atoms with Crippen molar-refractivity contribution in [2.45, 2.75) is 83.6 Å². The van der Waals surface area contributed by atoms with Crippen LogP contribution in [0.5, 0.6) is 0 Å². The normalized spacial score (nSPS) is 22.3. The number of amides is 1. The molecule has 1 aromatic rings. The van der Waals surface area contributed by atoms with Gasteiger partial charge >= 0.3 is 6.09 Å². The van der Waals surface area contributed by atoms with Crippen LogP contribution in [-0.4, -0.2) is 35.3 Å². The number of hydrogen-bond acceptors (Lipinski definition) is 3. The summed E-state index contributed by atoms with van der Waals surface area (Å²) in [7, 11) is 0. The van der Waals surface area contributed by atoms with Crippen molar-refractivity contribution in [3.8, 4) is 0 Å². The molecule has 2 aliphatic rings. The molecule has 2 aliphatic heterocycles. The quantitative estimate of drug-likeness (QED) is 0.491. The lowest BCUT2D eigenvalue weighted by atomic mass is 9.84. The number of fused-ring (bicyclic) bond motifs is 2. The fourth-order valence-corrected chi connectivity index (χ4v) is 4.07. The molecule has 0 radical (unpaired) electrons. The monoisotopic (exact) mass is 371 g/mol. The molecule has 148 valence electrons. The van der Waals surface area contributed by atoms with E-state index >= 15 is 0 Å². The molecule has 1 saturated heterocycles. The Balaban J connectivity index is 1.47. The van der Waals surface area contributed by atoms with Crippen LogP contribution in [0.2, 0.25) is 0 Å². The Kier molecular flexibility index (Phi) is 6.59. The van der Waals surface area contributed by atoms with Crippen LogP contribution in [0.4, 0.5) is 4.79 Å². The molecule has 0 N–H and O–H groups in total. The second-order valence-corrected chi connectivity index (χ2v) is 8.71. The number of nitrogens with zero attached hydrogens (tertiary/aromatic N) is 1. The molecule has 1 fully saturated rings. The van der Waals surface area contributed by atoms with Gasteiger partial charge in [0, 0.05) is 12.6 Å². The minimum Gasteiger partial charge on any atom is -0.444 e. The molecule has 2 unspecified atom stereocenters. The number of benzene rings is 1. The van der Waals surface area contributed by atoms with E-state index in [9.17, 15) is 4.79 Å². The summed E-state index contributed by atoms with van der Waals surface area (Å²) < 4.78 is 11.4. The van der Waals surface area contributed by atoms with Gasteiger partial charge in [-0.3, -0.25) is 4.90 Å². The Labute approximate surface area is 163 Å². The van der Waals surface area contributed by atoms with E-state index in [-0.39, 0.29) is 12.1 Å². The molecule has 2 bridgehead atoms. The molecule has 27 heavy (non-hydrogen) atoms. The molecule has 2 heterocycles. The zero-order valence-electron chi connectivity index (χ0n) is 16.9. The maximum atomic E-state index is 12.6. The Morgan fingerprint density at radius 3 is 2.67 bits per heavy atom. The van der Waals surface area contributed by atoms with Crippen molar-refractivity contribution in [3.63, 3.8) is 0 Å². The number of carbonyl (C=O) groups excluding carboxylic acids is 1. The lowest BCUT2D eigenvalue weighted by Crippen LogP contribution is -2.53. The van der Waals surface area contributed by atoms with Crippen molar-refractivity contribution in [1.82, 2.24) is 4.90 Å².